The molecule has 2 aliphatic rings. The molecule has 44 heavy (non-hydrogen) atoms. The second kappa shape index (κ2) is 22.7. The van der Waals surface area contributed by atoms with E-state index in [9.17, 15) is 14.4 Å². The predicted octanol–water partition coefficient (Wildman–Crippen LogP) is 8.07. The Bertz CT molecular complexity index is 922. The largest absolute Gasteiger partial charge is 0.463 e. The van der Waals surface area contributed by atoms with Gasteiger partial charge in [-0.15, -0.1) is 0 Å². The van der Waals surface area contributed by atoms with Crippen LogP contribution in [-0.4, -0.2) is 49.9 Å². The summed E-state index contributed by atoms with van der Waals surface area (Å²) >= 11 is 0. The highest BCUT2D eigenvalue weighted by Gasteiger charge is 2.29. The highest BCUT2D eigenvalue weighted by molar-refractivity contribution is 5.81. The fourth-order valence-corrected chi connectivity index (χ4v) is 5.60. The first-order chi connectivity index (χ1) is 21.3. The van der Waals surface area contributed by atoms with Crippen LogP contribution in [0.15, 0.2) is 49.5 Å². The average Bonchev–Trinajstić information content (AvgIpc) is 3.03. The van der Waals surface area contributed by atoms with E-state index in [1.807, 2.05) is 0 Å². The van der Waals surface area contributed by atoms with Crippen LogP contribution in [0.25, 0.3) is 0 Å². The Kier molecular flexibility index (Phi) is 19.4. The minimum atomic E-state index is -0.380. The molecule has 8 nitrogen and oxygen atoms in total. The van der Waals surface area contributed by atoms with Gasteiger partial charge in [-0.3, -0.25) is 9.59 Å². The van der Waals surface area contributed by atoms with Crippen LogP contribution in [0.4, 0.5) is 0 Å². The van der Waals surface area contributed by atoms with Crippen LogP contribution in [0, 0.1) is 11.8 Å². The standard InChI is InChI=1S/C36H56O8/c1-5-7-8-9-12-25-40-32-21-17-30(18-22-32)35(38)43-28(3)15-16-29(4)44-36(39)31-19-23-33(24-20-31)41-26-13-10-11-14-27-42-34(37)6-2/h6,15-16,30-33H,2-5,7-14,17-27H2,1H3/b16-15-. The molecule has 0 aromatic heterocycles. The Hall–Kier alpha value is -2.71. The van der Waals surface area contributed by atoms with Gasteiger partial charge >= 0.3 is 17.9 Å². The molecule has 248 valence electrons. The topological polar surface area (TPSA) is 97.4 Å². The molecule has 2 aliphatic carbocycles. The molecule has 0 spiro atoms. The summed E-state index contributed by atoms with van der Waals surface area (Å²) < 4.78 is 27.9. The van der Waals surface area contributed by atoms with Crippen molar-refractivity contribution in [2.75, 3.05) is 19.8 Å². The summed E-state index contributed by atoms with van der Waals surface area (Å²) in [6.07, 6.45) is 20.8. The number of hydrogen-bond acceptors (Lipinski definition) is 8. The zero-order chi connectivity index (χ0) is 32.0. The molecule has 0 amide bonds. The van der Waals surface area contributed by atoms with Gasteiger partial charge < -0.3 is 23.7 Å². The Labute approximate surface area is 265 Å². The number of allylic oxidation sites excluding steroid dienone is 2. The molecule has 0 heterocycles. The first-order valence-electron chi connectivity index (χ1n) is 16.8. The molecule has 0 N–H and O–H groups in total. The summed E-state index contributed by atoms with van der Waals surface area (Å²) in [4.78, 5) is 36.2. The molecule has 0 aromatic rings. The zero-order valence-electron chi connectivity index (χ0n) is 27.1. The first kappa shape index (κ1) is 37.5. The van der Waals surface area contributed by atoms with Gasteiger partial charge in [-0.2, -0.15) is 0 Å². The van der Waals surface area contributed by atoms with Crippen LogP contribution in [0.3, 0.4) is 0 Å². The maximum atomic E-state index is 12.6. The maximum Gasteiger partial charge on any atom is 0.330 e. The monoisotopic (exact) mass is 616 g/mol. The van der Waals surface area contributed by atoms with E-state index in [1.54, 1.807) is 0 Å². The molecule has 0 aromatic carbocycles. The Morgan fingerprint density at radius 3 is 1.43 bits per heavy atom. The molecular formula is C36H56O8. The highest BCUT2D eigenvalue weighted by atomic mass is 16.5. The second-order valence-electron chi connectivity index (χ2n) is 12.0. The van der Waals surface area contributed by atoms with Crippen molar-refractivity contribution < 1.29 is 38.1 Å². The second-order valence-corrected chi connectivity index (χ2v) is 12.0. The van der Waals surface area contributed by atoms with Crippen LogP contribution < -0.4 is 0 Å². The third-order valence-electron chi connectivity index (χ3n) is 8.34. The van der Waals surface area contributed by atoms with Crippen LogP contribution in [0.1, 0.15) is 116 Å². The number of hydrogen-bond donors (Lipinski definition) is 0. The van der Waals surface area contributed by atoms with Crippen molar-refractivity contribution >= 4 is 17.9 Å². The van der Waals surface area contributed by atoms with Gasteiger partial charge in [0.05, 0.1) is 30.7 Å². The number of rotatable bonds is 22. The summed E-state index contributed by atoms with van der Waals surface area (Å²) in [7, 11) is 0. The van der Waals surface area contributed by atoms with E-state index >= 15 is 0 Å². The molecule has 2 rings (SSSR count). The molecule has 0 aliphatic heterocycles. The first-order valence-corrected chi connectivity index (χ1v) is 16.8. The number of carbonyl (C=O) groups excluding carboxylic acids is 3. The van der Waals surface area contributed by atoms with Crippen molar-refractivity contribution in [3.05, 3.63) is 49.5 Å². The van der Waals surface area contributed by atoms with Gasteiger partial charge in [-0.25, -0.2) is 4.79 Å². The van der Waals surface area contributed by atoms with Crippen molar-refractivity contribution in [2.45, 2.75) is 128 Å². The molecule has 2 fully saturated rings. The van der Waals surface area contributed by atoms with E-state index < -0.39 is 0 Å². The van der Waals surface area contributed by atoms with Crippen molar-refractivity contribution in [2.24, 2.45) is 11.8 Å². The summed E-state index contributed by atoms with van der Waals surface area (Å²) in [5.41, 5.74) is 0. The lowest BCUT2D eigenvalue weighted by molar-refractivity contribution is -0.147. The Morgan fingerprint density at radius 2 is 1.02 bits per heavy atom. The Balaban J connectivity index is 1.53. The number of carbonyl (C=O) groups is 3. The summed E-state index contributed by atoms with van der Waals surface area (Å²) in [6, 6.07) is 0. The van der Waals surface area contributed by atoms with Gasteiger partial charge in [0, 0.05) is 19.3 Å². The van der Waals surface area contributed by atoms with Crippen molar-refractivity contribution in [1.29, 1.82) is 0 Å². The lowest BCUT2D eigenvalue weighted by Crippen LogP contribution is -2.27. The fraction of sp³-hybridized carbons (Fsp3) is 0.694. The quantitative estimate of drug-likeness (QED) is 0.0301. The minimum absolute atomic E-state index is 0.148. The van der Waals surface area contributed by atoms with Crippen molar-refractivity contribution in [3.63, 3.8) is 0 Å². The third-order valence-corrected chi connectivity index (χ3v) is 8.34. The van der Waals surface area contributed by atoms with Gasteiger partial charge in [0.2, 0.25) is 0 Å². The average molecular weight is 617 g/mol. The number of ether oxygens (including phenoxy) is 5. The molecule has 0 bridgehead atoms. The van der Waals surface area contributed by atoms with E-state index in [1.165, 1.54) is 43.9 Å². The van der Waals surface area contributed by atoms with E-state index in [4.69, 9.17) is 23.7 Å². The van der Waals surface area contributed by atoms with Crippen LogP contribution in [0.2, 0.25) is 0 Å². The van der Waals surface area contributed by atoms with Gasteiger partial charge in [0.15, 0.2) is 0 Å². The van der Waals surface area contributed by atoms with E-state index in [0.717, 1.165) is 77.2 Å². The SMILES string of the molecule is C=CC(=O)OCCCCCCOC1CCC(C(=O)OC(=C)/C=C\C(=C)OC(=O)C2CCC(OCCCCCCC)CC2)CC1. The van der Waals surface area contributed by atoms with Crippen molar-refractivity contribution in [3.8, 4) is 0 Å². The zero-order valence-corrected chi connectivity index (χ0v) is 27.1. The van der Waals surface area contributed by atoms with E-state index in [-0.39, 0.29) is 53.5 Å². The third kappa shape index (κ3) is 16.4. The van der Waals surface area contributed by atoms with Gasteiger partial charge in [0.1, 0.15) is 11.5 Å². The van der Waals surface area contributed by atoms with Crippen LogP contribution in [0.5, 0.6) is 0 Å². The summed E-state index contributed by atoms with van der Waals surface area (Å²) in [5.74, 6) is -0.882. The van der Waals surface area contributed by atoms with Crippen LogP contribution in [-0.2, 0) is 38.1 Å². The maximum absolute atomic E-state index is 12.6. The Morgan fingerprint density at radius 1 is 0.614 bits per heavy atom. The molecule has 0 atom stereocenters. The normalized spacial score (nSPS) is 21.8. The lowest BCUT2D eigenvalue weighted by atomic mass is 9.87. The molecule has 0 radical (unpaired) electrons. The number of esters is 3. The van der Waals surface area contributed by atoms with E-state index in [2.05, 4.69) is 26.7 Å². The minimum Gasteiger partial charge on any atom is -0.463 e. The van der Waals surface area contributed by atoms with Gasteiger partial charge in [-0.05, 0) is 89.2 Å². The van der Waals surface area contributed by atoms with E-state index in [0.29, 0.717) is 26.1 Å². The van der Waals surface area contributed by atoms with Crippen LogP contribution >= 0.6 is 0 Å². The van der Waals surface area contributed by atoms with Crippen molar-refractivity contribution in [1.82, 2.24) is 0 Å². The molecule has 0 saturated heterocycles. The fourth-order valence-electron chi connectivity index (χ4n) is 5.60. The molecular weight excluding hydrogens is 560 g/mol. The smallest absolute Gasteiger partial charge is 0.330 e. The van der Waals surface area contributed by atoms with Gasteiger partial charge in [0.25, 0.3) is 0 Å². The summed E-state index contributed by atoms with van der Waals surface area (Å²) in [6.45, 7) is 15.1. The lowest BCUT2D eigenvalue weighted by Gasteiger charge is -2.27. The number of unbranched alkanes of at least 4 members (excludes halogenated alkanes) is 7. The summed E-state index contributed by atoms with van der Waals surface area (Å²) in [5, 5.41) is 0. The predicted molar refractivity (Wildman–Crippen MR) is 171 cm³/mol. The molecule has 8 heteroatoms. The highest BCUT2D eigenvalue weighted by Crippen LogP contribution is 2.29. The molecule has 0 unspecified atom stereocenters. The molecule has 2 saturated carbocycles. The van der Waals surface area contributed by atoms with Gasteiger partial charge in [-0.1, -0.05) is 58.8 Å².